The molecule has 3 heterocycles. The maximum atomic E-state index is 12.9. The van der Waals surface area contributed by atoms with Crippen molar-refractivity contribution in [3.63, 3.8) is 0 Å². The summed E-state index contributed by atoms with van der Waals surface area (Å²) < 4.78 is 5.54. The molecular weight excluding hydrogens is 298 g/mol. The Kier molecular flexibility index (Phi) is 4.43. The summed E-state index contributed by atoms with van der Waals surface area (Å²) in [5.74, 6) is 0.849. The van der Waals surface area contributed by atoms with Gasteiger partial charge in [0.2, 0.25) is 0 Å². The van der Waals surface area contributed by atoms with Crippen LogP contribution in [0.5, 0.6) is 0 Å². The molecule has 0 bridgehead atoms. The van der Waals surface area contributed by atoms with Crippen molar-refractivity contribution in [2.45, 2.75) is 38.6 Å². The lowest BCUT2D eigenvalue weighted by Crippen LogP contribution is -2.34. The smallest absolute Gasteiger partial charge is 0.264 e. The molecule has 0 aliphatic carbocycles. The van der Waals surface area contributed by atoms with Gasteiger partial charge in [-0.1, -0.05) is 12.8 Å². The number of likely N-dealkylation sites (tertiary alicyclic amines) is 1. The van der Waals surface area contributed by atoms with Crippen molar-refractivity contribution < 1.29 is 14.0 Å². The van der Waals surface area contributed by atoms with E-state index >= 15 is 0 Å². The first kappa shape index (κ1) is 15.0. The molecule has 116 valence electrons. The number of Topliss-reactive ketones (excluding diaryl/α,β-unsaturated/α-hetero) is 1. The minimum Gasteiger partial charge on any atom is -0.467 e. The number of ketones is 1. The molecule has 0 radical (unpaired) electrons. The van der Waals surface area contributed by atoms with E-state index in [1.807, 2.05) is 17.0 Å². The van der Waals surface area contributed by atoms with Crippen molar-refractivity contribution in [2.24, 2.45) is 0 Å². The number of rotatable bonds is 3. The van der Waals surface area contributed by atoms with Crippen LogP contribution in [0.2, 0.25) is 0 Å². The van der Waals surface area contributed by atoms with Crippen LogP contribution in [0, 0.1) is 0 Å². The Hall–Kier alpha value is -1.88. The molecule has 0 saturated carbocycles. The van der Waals surface area contributed by atoms with Gasteiger partial charge in [-0.05, 0) is 44.0 Å². The van der Waals surface area contributed by atoms with Crippen LogP contribution in [0.3, 0.4) is 0 Å². The van der Waals surface area contributed by atoms with Gasteiger partial charge in [0.1, 0.15) is 5.76 Å². The largest absolute Gasteiger partial charge is 0.467 e. The van der Waals surface area contributed by atoms with Crippen molar-refractivity contribution in [1.29, 1.82) is 0 Å². The van der Waals surface area contributed by atoms with Crippen LogP contribution in [0.25, 0.3) is 0 Å². The third kappa shape index (κ3) is 2.99. The van der Waals surface area contributed by atoms with Gasteiger partial charge in [0, 0.05) is 6.54 Å². The van der Waals surface area contributed by atoms with Crippen LogP contribution in [-0.2, 0) is 0 Å². The van der Waals surface area contributed by atoms with Crippen LogP contribution < -0.4 is 0 Å². The number of carbonyl (C=O) groups excluding carboxylic acids is 2. The normalized spacial score (nSPS) is 19.0. The molecule has 2 aromatic rings. The molecule has 0 spiro atoms. The summed E-state index contributed by atoms with van der Waals surface area (Å²) in [6, 6.07) is 7.29. The third-order valence-electron chi connectivity index (χ3n) is 4.05. The number of amides is 1. The van der Waals surface area contributed by atoms with E-state index in [-0.39, 0.29) is 17.7 Å². The molecule has 4 nitrogen and oxygen atoms in total. The van der Waals surface area contributed by atoms with Crippen molar-refractivity contribution in [3.8, 4) is 0 Å². The molecule has 1 atom stereocenters. The summed E-state index contributed by atoms with van der Waals surface area (Å²) in [6.45, 7) is 2.26. The highest BCUT2D eigenvalue weighted by atomic mass is 32.1. The van der Waals surface area contributed by atoms with E-state index in [1.165, 1.54) is 18.3 Å². The zero-order valence-corrected chi connectivity index (χ0v) is 13.4. The number of furan rings is 1. The lowest BCUT2D eigenvalue weighted by Gasteiger charge is -2.28. The second-order valence-electron chi connectivity index (χ2n) is 5.60. The third-order valence-corrected chi connectivity index (χ3v) is 5.22. The van der Waals surface area contributed by atoms with Gasteiger partial charge in [-0.25, -0.2) is 0 Å². The minimum absolute atomic E-state index is 0.000741. The van der Waals surface area contributed by atoms with Gasteiger partial charge in [0.25, 0.3) is 5.91 Å². The number of thiophene rings is 1. The van der Waals surface area contributed by atoms with Crippen molar-refractivity contribution in [1.82, 2.24) is 4.90 Å². The fourth-order valence-electron chi connectivity index (χ4n) is 2.91. The molecule has 1 aliphatic heterocycles. The van der Waals surface area contributed by atoms with Gasteiger partial charge in [0.15, 0.2) is 5.78 Å². The summed E-state index contributed by atoms with van der Waals surface area (Å²) in [5.41, 5.74) is 0. The molecule has 1 aliphatic rings. The summed E-state index contributed by atoms with van der Waals surface area (Å²) in [6.07, 6.45) is 5.81. The summed E-state index contributed by atoms with van der Waals surface area (Å²) in [4.78, 5) is 27.5. The topological polar surface area (TPSA) is 50.5 Å². The van der Waals surface area contributed by atoms with Gasteiger partial charge >= 0.3 is 0 Å². The van der Waals surface area contributed by atoms with Crippen molar-refractivity contribution >= 4 is 23.0 Å². The Morgan fingerprint density at radius 1 is 1.18 bits per heavy atom. The van der Waals surface area contributed by atoms with Gasteiger partial charge in [-0.15, -0.1) is 11.3 Å². The Labute approximate surface area is 133 Å². The Bertz CT molecular complexity index is 659. The number of carbonyl (C=O) groups is 2. The predicted octanol–water partition coefficient (Wildman–Crippen LogP) is 4.30. The van der Waals surface area contributed by atoms with Crippen LogP contribution in [-0.4, -0.2) is 23.1 Å². The van der Waals surface area contributed by atoms with Crippen molar-refractivity contribution in [2.75, 3.05) is 6.54 Å². The van der Waals surface area contributed by atoms with E-state index in [4.69, 9.17) is 4.42 Å². The molecule has 1 fully saturated rings. The fraction of sp³-hybridized carbons (Fsp3) is 0.412. The molecule has 2 aromatic heterocycles. The average molecular weight is 317 g/mol. The van der Waals surface area contributed by atoms with Crippen LogP contribution >= 0.6 is 11.3 Å². The summed E-state index contributed by atoms with van der Waals surface area (Å²) in [5, 5.41) is 0. The fourth-order valence-corrected chi connectivity index (χ4v) is 3.77. The van der Waals surface area contributed by atoms with E-state index < -0.39 is 0 Å². The van der Waals surface area contributed by atoms with Crippen LogP contribution in [0.4, 0.5) is 0 Å². The minimum atomic E-state index is -0.00659. The lowest BCUT2D eigenvalue weighted by atomic mass is 10.1. The van der Waals surface area contributed by atoms with Gasteiger partial charge in [-0.3, -0.25) is 9.59 Å². The van der Waals surface area contributed by atoms with Gasteiger partial charge in [-0.2, -0.15) is 0 Å². The molecule has 1 amide bonds. The molecule has 0 aromatic carbocycles. The van der Waals surface area contributed by atoms with Gasteiger partial charge < -0.3 is 9.32 Å². The summed E-state index contributed by atoms with van der Waals surface area (Å²) >= 11 is 1.28. The first-order valence-corrected chi connectivity index (χ1v) is 8.43. The Morgan fingerprint density at radius 2 is 2.00 bits per heavy atom. The average Bonchev–Trinajstić information content (AvgIpc) is 3.14. The Morgan fingerprint density at radius 3 is 2.68 bits per heavy atom. The lowest BCUT2D eigenvalue weighted by molar-refractivity contribution is 0.0663. The molecular formula is C17H19NO3S. The van der Waals surface area contributed by atoms with E-state index in [1.54, 1.807) is 18.4 Å². The molecule has 1 saturated heterocycles. The monoisotopic (exact) mass is 317 g/mol. The van der Waals surface area contributed by atoms with E-state index in [9.17, 15) is 9.59 Å². The highest BCUT2D eigenvalue weighted by Gasteiger charge is 2.30. The van der Waals surface area contributed by atoms with E-state index in [0.717, 1.165) is 38.0 Å². The zero-order chi connectivity index (χ0) is 15.5. The molecule has 0 N–H and O–H groups in total. The predicted molar refractivity (Wildman–Crippen MR) is 85.3 cm³/mol. The van der Waals surface area contributed by atoms with Crippen molar-refractivity contribution in [3.05, 3.63) is 46.0 Å². The summed E-state index contributed by atoms with van der Waals surface area (Å²) in [7, 11) is 0. The number of nitrogens with zero attached hydrogens (tertiary/aromatic N) is 1. The number of hydrogen-bond donors (Lipinski definition) is 0. The molecule has 3 rings (SSSR count). The molecule has 1 unspecified atom stereocenters. The zero-order valence-electron chi connectivity index (χ0n) is 12.6. The highest BCUT2D eigenvalue weighted by Crippen LogP contribution is 2.32. The van der Waals surface area contributed by atoms with Crippen LogP contribution in [0.15, 0.2) is 34.9 Å². The SMILES string of the molecule is CC(=O)c1ccc(C(=O)N2CCCCCC2c2ccco2)s1. The van der Waals surface area contributed by atoms with Gasteiger partial charge in [0.05, 0.1) is 22.1 Å². The maximum Gasteiger partial charge on any atom is 0.264 e. The maximum absolute atomic E-state index is 12.9. The molecule has 5 heteroatoms. The van der Waals surface area contributed by atoms with E-state index in [0.29, 0.717) is 9.75 Å². The van der Waals surface area contributed by atoms with E-state index in [2.05, 4.69) is 0 Å². The molecule has 22 heavy (non-hydrogen) atoms. The first-order chi connectivity index (χ1) is 10.7. The quantitative estimate of drug-likeness (QED) is 0.793. The van der Waals surface area contributed by atoms with Crippen LogP contribution in [0.1, 0.15) is 63.8 Å². The highest BCUT2D eigenvalue weighted by molar-refractivity contribution is 7.15. The second kappa shape index (κ2) is 6.48. The second-order valence-corrected chi connectivity index (χ2v) is 6.68. The Balaban J connectivity index is 1.88. The standard InChI is InChI=1S/C17H19NO3S/c1-12(19)15-8-9-16(22-15)17(20)18-10-4-2-3-6-13(18)14-7-5-11-21-14/h5,7-9,11,13H,2-4,6,10H2,1H3. The first-order valence-electron chi connectivity index (χ1n) is 7.62. The number of hydrogen-bond acceptors (Lipinski definition) is 4.